The van der Waals surface area contributed by atoms with Crippen molar-refractivity contribution >= 4 is 32.6 Å². The molecule has 0 aliphatic rings. The van der Waals surface area contributed by atoms with Crippen LogP contribution in [0.2, 0.25) is 0 Å². The fourth-order valence-corrected chi connectivity index (χ4v) is 4.03. The van der Waals surface area contributed by atoms with Crippen molar-refractivity contribution < 1.29 is 13.6 Å². The molecule has 3 aromatic rings. The minimum Gasteiger partial charge on any atom is -0.302 e. The Balaban J connectivity index is 1.98. The van der Waals surface area contributed by atoms with Gasteiger partial charge in [-0.1, -0.05) is 25.2 Å². The lowest BCUT2D eigenvalue weighted by Gasteiger charge is -2.24. The van der Waals surface area contributed by atoms with Gasteiger partial charge in [0.25, 0.3) is 5.91 Å². The van der Waals surface area contributed by atoms with E-state index in [1.54, 1.807) is 16.9 Å². The number of anilines is 1. The van der Waals surface area contributed by atoms with Gasteiger partial charge in [-0.15, -0.1) is 0 Å². The summed E-state index contributed by atoms with van der Waals surface area (Å²) in [5, 5.41) is 4.70. The van der Waals surface area contributed by atoms with Gasteiger partial charge in [-0.25, -0.2) is 13.8 Å². The van der Waals surface area contributed by atoms with Crippen LogP contribution in [0.5, 0.6) is 0 Å². The number of nitrogens with zero attached hydrogens (tertiary/aromatic N) is 5. The summed E-state index contributed by atoms with van der Waals surface area (Å²) in [6, 6.07) is 3.83. The largest absolute Gasteiger partial charge is 0.302 e. The quantitative estimate of drug-likeness (QED) is 0.543. The summed E-state index contributed by atoms with van der Waals surface area (Å²) < 4.78 is 29.8. The van der Waals surface area contributed by atoms with Gasteiger partial charge in [-0.05, 0) is 39.1 Å². The van der Waals surface area contributed by atoms with Crippen molar-refractivity contribution in [1.29, 1.82) is 0 Å². The van der Waals surface area contributed by atoms with Gasteiger partial charge in [-0.3, -0.25) is 14.4 Å². The second-order valence-corrected chi connectivity index (χ2v) is 8.00. The van der Waals surface area contributed by atoms with E-state index >= 15 is 0 Å². The van der Waals surface area contributed by atoms with Crippen molar-refractivity contribution in [2.75, 3.05) is 31.1 Å². The van der Waals surface area contributed by atoms with Crippen LogP contribution >= 0.6 is 11.3 Å². The zero-order valence-corrected chi connectivity index (χ0v) is 17.8. The molecule has 0 N–H and O–H groups in total. The molecule has 0 fully saturated rings. The third-order valence-corrected chi connectivity index (χ3v) is 5.79. The molecule has 1 amide bonds. The van der Waals surface area contributed by atoms with E-state index in [4.69, 9.17) is 0 Å². The minimum atomic E-state index is -0.734. The van der Waals surface area contributed by atoms with Crippen LogP contribution < -0.4 is 4.90 Å². The third kappa shape index (κ3) is 4.62. The van der Waals surface area contributed by atoms with Gasteiger partial charge in [-0.2, -0.15) is 5.10 Å². The fraction of sp³-hybridized carbons (Fsp3) is 0.450. The third-order valence-electron chi connectivity index (χ3n) is 4.77. The number of carbonyl (C=O) groups excluding carboxylic acids is 1. The standard InChI is InChI=1S/C20H25F2N5OS/c1-5-25(6-2)9-10-26(19(28)16-7-8-27(24-16)13(3)4)20-23-18-15(22)11-14(21)12-17(18)29-20/h7-8,11-13H,5-6,9-10H2,1-4H3. The zero-order valence-electron chi connectivity index (χ0n) is 17.0. The lowest BCUT2D eigenvalue weighted by Crippen LogP contribution is -2.39. The molecule has 6 nitrogen and oxygen atoms in total. The van der Waals surface area contributed by atoms with E-state index < -0.39 is 11.6 Å². The van der Waals surface area contributed by atoms with E-state index in [0.29, 0.717) is 28.6 Å². The van der Waals surface area contributed by atoms with Crippen molar-refractivity contribution in [3.05, 3.63) is 41.7 Å². The van der Waals surface area contributed by atoms with Gasteiger partial charge in [0.2, 0.25) is 0 Å². The highest BCUT2D eigenvalue weighted by molar-refractivity contribution is 7.22. The smallest absolute Gasteiger partial charge is 0.280 e. The number of benzene rings is 1. The van der Waals surface area contributed by atoms with Crippen molar-refractivity contribution in [3.63, 3.8) is 0 Å². The fourth-order valence-electron chi connectivity index (χ4n) is 3.00. The molecule has 2 heterocycles. The van der Waals surface area contributed by atoms with Gasteiger partial charge in [0.15, 0.2) is 16.6 Å². The van der Waals surface area contributed by atoms with Crippen molar-refractivity contribution in [1.82, 2.24) is 19.7 Å². The number of likely N-dealkylation sites (N-methyl/N-ethyl adjacent to an activating group) is 1. The molecular weight excluding hydrogens is 396 g/mol. The van der Waals surface area contributed by atoms with Gasteiger partial charge < -0.3 is 4.90 Å². The number of carbonyl (C=O) groups is 1. The molecule has 9 heteroatoms. The average Bonchev–Trinajstić information content (AvgIpc) is 3.32. The van der Waals surface area contributed by atoms with Crippen LogP contribution in [0.4, 0.5) is 13.9 Å². The molecule has 0 saturated heterocycles. The SMILES string of the molecule is CCN(CC)CCN(C(=O)c1ccn(C(C)C)n1)c1nc2c(F)cc(F)cc2s1. The molecule has 0 atom stereocenters. The molecule has 0 radical (unpaired) electrons. The maximum atomic E-state index is 14.1. The number of aromatic nitrogens is 3. The summed E-state index contributed by atoms with van der Waals surface area (Å²) >= 11 is 1.10. The van der Waals surface area contributed by atoms with Gasteiger partial charge in [0, 0.05) is 31.4 Å². The Labute approximate surface area is 172 Å². The predicted octanol–water partition coefficient (Wildman–Crippen LogP) is 4.34. The van der Waals surface area contributed by atoms with Crippen LogP contribution in [0.25, 0.3) is 10.2 Å². The second kappa shape index (κ2) is 8.96. The molecular formula is C20H25F2N5OS. The molecule has 0 unspecified atom stereocenters. The Morgan fingerprint density at radius 2 is 1.93 bits per heavy atom. The first-order valence-electron chi connectivity index (χ1n) is 9.69. The van der Waals surface area contributed by atoms with Crippen LogP contribution in [0.3, 0.4) is 0 Å². The zero-order chi connectivity index (χ0) is 21.1. The summed E-state index contributed by atoms with van der Waals surface area (Å²) in [6.45, 7) is 10.8. The second-order valence-electron chi connectivity index (χ2n) is 6.99. The lowest BCUT2D eigenvalue weighted by atomic mass is 10.3. The number of rotatable bonds is 8. The molecule has 2 aromatic heterocycles. The van der Waals surface area contributed by atoms with Gasteiger partial charge in [0.1, 0.15) is 11.3 Å². The number of hydrogen-bond acceptors (Lipinski definition) is 5. The number of hydrogen-bond donors (Lipinski definition) is 0. The van der Waals surface area contributed by atoms with Crippen LogP contribution in [0.15, 0.2) is 24.4 Å². The monoisotopic (exact) mass is 421 g/mol. The Bertz CT molecular complexity index is 996. The first-order chi connectivity index (χ1) is 13.8. The van der Waals surface area contributed by atoms with E-state index in [9.17, 15) is 13.6 Å². The molecule has 0 spiro atoms. The Morgan fingerprint density at radius 3 is 2.55 bits per heavy atom. The Kier molecular flexibility index (Phi) is 6.59. The summed E-state index contributed by atoms with van der Waals surface area (Å²) in [5.41, 5.74) is 0.365. The molecule has 156 valence electrons. The molecule has 1 aromatic carbocycles. The van der Waals surface area contributed by atoms with Crippen LogP contribution in [-0.2, 0) is 0 Å². The van der Waals surface area contributed by atoms with Crippen molar-refractivity contribution in [3.8, 4) is 0 Å². The number of thiazole rings is 1. The summed E-state index contributed by atoms with van der Waals surface area (Å²) in [7, 11) is 0. The summed E-state index contributed by atoms with van der Waals surface area (Å²) in [4.78, 5) is 21.2. The topological polar surface area (TPSA) is 54.3 Å². The highest BCUT2D eigenvalue weighted by Crippen LogP contribution is 2.31. The molecule has 0 aliphatic heterocycles. The van der Waals surface area contributed by atoms with Crippen LogP contribution in [-0.4, -0.2) is 51.8 Å². The first kappa shape index (κ1) is 21.3. The molecule has 3 rings (SSSR count). The maximum absolute atomic E-state index is 14.1. The average molecular weight is 422 g/mol. The highest BCUT2D eigenvalue weighted by atomic mass is 32.1. The number of amides is 1. The highest BCUT2D eigenvalue weighted by Gasteiger charge is 2.25. The molecule has 0 bridgehead atoms. The van der Waals surface area contributed by atoms with E-state index in [2.05, 4.69) is 28.8 Å². The number of fused-ring (bicyclic) bond motifs is 1. The van der Waals surface area contributed by atoms with Crippen molar-refractivity contribution in [2.24, 2.45) is 0 Å². The van der Waals surface area contributed by atoms with Gasteiger partial charge in [0.05, 0.1) is 4.70 Å². The van der Waals surface area contributed by atoms with E-state index in [0.717, 1.165) is 30.5 Å². The lowest BCUT2D eigenvalue weighted by molar-refractivity contribution is 0.0978. The Hall–Kier alpha value is -2.39. The molecule has 0 saturated carbocycles. The van der Waals surface area contributed by atoms with E-state index in [1.165, 1.54) is 11.0 Å². The van der Waals surface area contributed by atoms with Crippen LogP contribution in [0, 0.1) is 11.6 Å². The number of halogens is 2. The van der Waals surface area contributed by atoms with Crippen LogP contribution in [0.1, 0.15) is 44.2 Å². The minimum absolute atomic E-state index is 0.0692. The molecule has 0 aliphatic carbocycles. The normalized spacial score (nSPS) is 11.7. The van der Waals surface area contributed by atoms with E-state index in [1.807, 2.05) is 13.8 Å². The predicted molar refractivity (Wildman–Crippen MR) is 112 cm³/mol. The van der Waals surface area contributed by atoms with Gasteiger partial charge >= 0.3 is 0 Å². The maximum Gasteiger partial charge on any atom is 0.280 e. The van der Waals surface area contributed by atoms with E-state index in [-0.39, 0.29) is 17.5 Å². The molecule has 29 heavy (non-hydrogen) atoms. The summed E-state index contributed by atoms with van der Waals surface area (Å²) in [6.07, 6.45) is 1.76. The first-order valence-corrected chi connectivity index (χ1v) is 10.5. The Morgan fingerprint density at radius 1 is 1.21 bits per heavy atom. The van der Waals surface area contributed by atoms with Crippen molar-refractivity contribution in [2.45, 2.75) is 33.7 Å². The summed E-state index contributed by atoms with van der Waals surface area (Å²) in [5.74, 6) is -1.71.